The first kappa shape index (κ1) is 19.0. The Morgan fingerprint density at radius 2 is 1.96 bits per heavy atom. The maximum Gasteiger partial charge on any atom is 0.261 e. The molecule has 1 N–H and O–H groups in total. The highest BCUT2D eigenvalue weighted by Crippen LogP contribution is 2.32. The largest absolute Gasteiger partial charge is 0.497 e. The number of rotatable bonds is 4. The van der Waals surface area contributed by atoms with Crippen molar-refractivity contribution < 1.29 is 9.53 Å². The molecule has 4 aromatic rings. The fraction of sp³-hybridized carbons (Fsp3) is 0.0556. The van der Waals surface area contributed by atoms with E-state index in [2.05, 4.69) is 15.4 Å². The molecule has 2 heterocycles. The van der Waals surface area contributed by atoms with Crippen LogP contribution in [0.4, 0.5) is 5.95 Å². The first-order chi connectivity index (χ1) is 13.5. The number of carbonyl (C=O) groups is 1. The molecule has 0 unspecified atom stereocenters. The lowest BCUT2D eigenvalue weighted by molar-refractivity contribution is 0.102. The molecule has 10 heteroatoms. The molecular formula is C18H11Cl3N4O2S. The third kappa shape index (κ3) is 3.42. The molecule has 2 aromatic heterocycles. The lowest BCUT2D eigenvalue weighted by atomic mass is 10.2. The number of nitrogens with zero attached hydrogens (tertiary/aromatic N) is 3. The van der Waals surface area contributed by atoms with Gasteiger partial charge in [0.1, 0.15) is 5.75 Å². The van der Waals surface area contributed by atoms with Gasteiger partial charge in [0.25, 0.3) is 11.9 Å². The van der Waals surface area contributed by atoms with Crippen LogP contribution in [0.3, 0.4) is 0 Å². The van der Waals surface area contributed by atoms with Crippen LogP contribution in [0.25, 0.3) is 16.2 Å². The number of nitrogens with one attached hydrogen (secondary N) is 1. The van der Waals surface area contributed by atoms with Crippen molar-refractivity contribution in [3.63, 3.8) is 0 Å². The number of aromatic nitrogens is 3. The maximum atomic E-state index is 12.6. The second kappa shape index (κ2) is 7.60. The van der Waals surface area contributed by atoms with Crippen LogP contribution in [-0.2, 0) is 0 Å². The number of halogens is 3. The number of benzene rings is 2. The Morgan fingerprint density at radius 3 is 2.75 bits per heavy atom. The fourth-order valence-electron chi connectivity index (χ4n) is 2.61. The molecule has 0 aliphatic rings. The predicted octanol–water partition coefficient (Wildman–Crippen LogP) is 5.68. The number of thiazole rings is 1. The summed E-state index contributed by atoms with van der Waals surface area (Å²) in [6.07, 6.45) is 0. The molecule has 28 heavy (non-hydrogen) atoms. The molecule has 0 bridgehead atoms. The lowest BCUT2D eigenvalue weighted by Crippen LogP contribution is -2.14. The second-order valence-corrected chi connectivity index (χ2v) is 7.68. The van der Waals surface area contributed by atoms with Gasteiger partial charge < -0.3 is 4.74 Å². The summed E-state index contributed by atoms with van der Waals surface area (Å²) in [6, 6.07) is 10.6. The average Bonchev–Trinajstić information content (AvgIpc) is 3.25. The molecular weight excluding hydrogens is 443 g/mol. The van der Waals surface area contributed by atoms with E-state index in [1.807, 2.05) is 29.6 Å². The molecule has 6 nitrogen and oxygen atoms in total. The number of ether oxygens (including phenoxy) is 1. The average molecular weight is 454 g/mol. The van der Waals surface area contributed by atoms with E-state index >= 15 is 0 Å². The molecule has 0 radical (unpaired) electrons. The van der Waals surface area contributed by atoms with Gasteiger partial charge in [-0.1, -0.05) is 46.9 Å². The van der Waals surface area contributed by atoms with E-state index in [0.29, 0.717) is 4.96 Å². The topological polar surface area (TPSA) is 68.5 Å². The third-order valence-corrected chi connectivity index (χ3v) is 5.88. The van der Waals surface area contributed by atoms with Crippen molar-refractivity contribution in [2.24, 2.45) is 0 Å². The molecule has 4 rings (SSSR count). The van der Waals surface area contributed by atoms with Gasteiger partial charge in [-0.25, -0.2) is 4.52 Å². The van der Waals surface area contributed by atoms with Crippen molar-refractivity contribution in [1.82, 2.24) is 14.6 Å². The van der Waals surface area contributed by atoms with Crippen molar-refractivity contribution in [1.29, 1.82) is 0 Å². The van der Waals surface area contributed by atoms with Crippen LogP contribution in [0.2, 0.25) is 15.1 Å². The van der Waals surface area contributed by atoms with E-state index in [9.17, 15) is 4.79 Å². The molecule has 1 amide bonds. The van der Waals surface area contributed by atoms with E-state index in [0.717, 1.165) is 17.0 Å². The van der Waals surface area contributed by atoms with Crippen LogP contribution in [-0.4, -0.2) is 27.6 Å². The summed E-state index contributed by atoms with van der Waals surface area (Å²) in [6.45, 7) is 0. The number of anilines is 1. The third-order valence-electron chi connectivity index (χ3n) is 3.94. The number of hydrogen-bond donors (Lipinski definition) is 1. The van der Waals surface area contributed by atoms with Crippen molar-refractivity contribution in [2.75, 3.05) is 12.4 Å². The summed E-state index contributed by atoms with van der Waals surface area (Å²) in [5, 5.41) is 9.41. The smallest absolute Gasteiger partial charge is 0.261 e. The summed E-state index contributed by atoms with van der Waals surface area (Å²) in [7, 11) is 1.61. The standard InChI is InChI=1S/C18H11Cl3N4O2S/c1-27-10-4-2-3-9(7-10)13-8-28-18-23-17(24-25(13)18)22-16(26)14-11(19)5-6-12(20)15(14)21/h2-8H,1H3,(H,22,24,26). The van der Waals surface area contributed by atoms with E-state index in [4.69, 9.17) is 39.5 Å². The summed E-state index contributed by atoms with van der Waals surface area (Å²) < 4.78 is 6.92. The van der Waals surface area contributed by atoms with E-state index in [1.165, 1.54) is 23.5 Å². The fourth-order valence-corrected chi connectivity index (χ4v) is 4.15. The van der Waals surface area contributed by atoms with E-state index in [-0.39, 0.29) is 26.6 Å². The Balaban J connectivity index is 1.67. The SMILES string of the molecule is COc1cccc(-c2csc3nc(NC(=O)c4c(Cl)ccc(Cl)c4Cl)nn23)c1. The quantitative estimate of drug-likeness (QED) is 0.404. The second-order valence-electron chi connectivity index (χ2n) is 5.66. The molecule has 142 valence electrons. The zero-order chi connectivity index (χ0) is 19.8. The van der Waals surface area contributed by atoms with Gasteiger partial charge >= 0.3 is 0 Å². The van der Waals surface area contributed by atoms with Gasteiger partial charge in [-0.15, -0.1) is 16.4 Å². The van der Waals surface area contributed by atoms with Gasteiger partial charge in [0.15, 0.2) is 0 Å². The minimum Gasteiger partial charge on any atom is -0.497 e. The zero-order valence-electron chi connectivity index (χ0n) is 14.2. The molecule has 0 saturated carbocycles. The predicted molar refractivity (Wildman–Crippen MR) is 112 cm³/mol. The highest BCUT2D eigenvalue weighted by Gasteiger charge is 2.20. The Hall–Kier alpha value is -2.32. The van der Waals surface area contributed by atoms with E-state index in [1.54, 1.807) is 11.6 Å². The van der Waals surface area contributed by atoms with Crippen LogP contribution < -0.4 is 10.1 Å². The van der Waals surface area contributed by atoms with Crippen LogP contribution in [0.1, 0.15) is 10.4 Å². The molecule has 0 fully saturated rings. The van der Waals surface area contributed by atoms with Crippen molar-refractivity contribution in [3.8, 4) is 17.0 Å². The normalized spacial score (nSPS) is 11.0. The van der Waals surface area contributed by atoms with Crippen LogP contribution >= 0.6 is 46.1 Å². The molecule has 0 atom stereocenters. The molecule has 0 saturated heterocycles. The summed E-state index contributed by atoms with van der Waals surface area (Å²) in [5.41, 5.74) is 1.81. The Morgan fingerprint density at radius 1 is 1.18 bits per heavy atom. The van der Waals surface area contributed by atoms with Crippen LogP contribution in [0, 0.1) is 0 Å². The van der Waals surface area contributed by atoms with Gasteiger partial charge in [-0.05, 0) is 24.3 Å². The lowest BCUT2D eigenvalue weighted by Gasteiger charge is -2.07. The number of hydrogen-bond acceptors (Lipinski definition) is 5. The molecule has 0 aliphatic carbocycles. The van der Waals surface area contributed by atoms with Crippen LogP contribution in [0.5, 0.6) is 5.75 Å². The van der Waals surface area contributed by atoms with Gasteiger partial charge in [-0.3, -0.25) is 10.1 Å². The molecule has 0 aliphatic heterocycles. The first-order valence-corrected chi connectivity index (χ1v) is 9.93. The summed E-state index contributed by atoms with van der Waals surface area (Å²) in [4.78, 5) is 17.6. The van der Waals surface area contributed by atoms with Crippen molar-refractivity contribution >= 4 is 63.0 Å². The van der Waals surface area contributed by atoms with Gasteiger partial charge in [0.05, 0.1) is 33.4 Å². The molecule has 0 spiro atoms. The zero-order valence-corrected chi connectivity index (χ0v) is 17.3. The van der Waals surface area contributed by atoms with E-state index < -0.39 is 5.91 Å². The highest BCUT2D eigenvalue weighted by atomic mass is 35.5. The van der Waals surface area contributed by atoms with Crippen LogP contribution in [0.15, 0.2) is 41.8 Å². The number of amides is 1. The van der Waals surface area contributed by atoms with Gasteiger partial charge in [0.2, 0.25) is 4.96 Å². The van der Waals surface area contributed by atoms with Gasteiger partial charge in [0, 0.05) is 10.9 Å². The first-order valence-electron chi connectivity index (χ1n) is 7.91. The number of methoxy groups -OCH3 is 1. The minimum absolute atomic E-state index is 0.0713. The molecule has 2 aromatic carbocycles. The summed E-state index contributed by atoms with van der Waals surface area (Å²) >= 11 is 19.6. The number of fused-ring (bicyclic) bond motifs is 1. The Bertz CT molecular complexity index is 1200. The van der Waals surface area contributed by atoms with Crippen molar-refractivity contribution in [2.45, 2.75) is 0 Å². The monoisotopic (exact) mass is 452 g/mol. The highest BCUT2D eigenvalue weighted by molar-refractivity contribution is 7.15. The summed E-state index contributed by atoms with van der Waals surface area (Å²) in [5.74, 6) is 0.322. The van der Waals surface area contributed by atoms with Crippen molar-refractivity contribution in [3.05, 3.63) is 62.4 Å². The van der Waals surface area contributed by atoms with Gasteiger partial charge in [-0.2, -0.15) is 4.98 Å². The Kier molecular flexibility index (Phi) is 5.16. The maximum absolute atomic E-state index is 12.6. The minimum atomic E-state index is -0.543. The Labute approximate surface area is 178 Å². The number of carbonyl (C=O) groups excluding carboxylic acids is 1.